The number of benzene rings is 1. The van der Waals surface area contributed by atoms with E-state index >= 15 is 0 Å². The number of carbonyl (C=O) groups excluding carboxylic acids is 2. The van der Waals surface area contributed by atoms with Gasteiger partial charge in [-0.2, -0.15) is 0 Å². The molecule has 0 unspecified atom stereocenters. The molecular formula is C16H22ClN3O4. The Hall–Kier alpha value is -2.15. The number of rotatable bonds is 5. The summed E-state index contributed by atoms with van der Waals surface area (Å²) >= 11 is 5.99. The third-order valence-corrected chi connectivity index (χ3v) is 3.88. The third-order valence-electron chi connectivity index (χ3n) is 3.57. The summed E-state index contributed by atoms with van der Waals surface area (Å²) in [6, 6.07) is 7.02. The Balaban J connectivity index is 1.65. The fourth-order valence-electron chi connectivity index (χ4n) is 2.30. The molecule has 0 saturated carbocycles. The van der Waals surface area contributed by atoms with Crippen LogP contribution in [0.1, 0.15) is 6.92 Å². The number of halogens is 1. The maximum atomic E-state index is 12.1. The summed E-state index contributed by atoms with van der Waals surface area (Å²) < 4.78 is 10.5. The van der Waals surface area contributed by atoms with Crippen LogP contribution in [0.4, 0.5) is 9.59 Å². The predicted octanol–water partition coefficient (Wildman–Crippen LogP) is 2.20. The van der Waals surface area contributed by atoms with Gasteiger partial charge in [0.25, 0.3) is 0 Å². The van der Waals surface area contributed by atoms with Crippen molar-refractivity contribution in [1.29, 1.82) is 0 Å². The number of ether oxygens (including phenoxy) is 2. The smallest absolute Gasteiger partial charge is 0.409 e. The average Bonchev–Trinajstić information content (AvgIpc) is 2.60. The average molecular weight is 356 g/mol. The minimum atomic E-state index is -0.328. The Labute approximate surface area is 146 Å². The number of nitrogens with one attached hydrogen (secondary N) is 1. The molecule has 3 amide bonds. The molecule has 24 heavy (non-hydrogen) atoms. The number of hydrogen-bond acceptors (Lipinski definition) is 4. The lowest BCUT2D eigenvalue weighted by Crippen LogP contribution is -2.53. The van der Waals surface area contributed by atoms with E-state index in [0.29, 0.717) is 56.7 Å². The van der Waals surface area contributed by atoms with Crippen molar-refractivity contribution in [2.45, 2.75) is 6.92 Å². The summed E-state index contributed by atoms with van der Waals surface area (Å²) in [6.45, 7) is 4.74. The molecule has 1 heterocycles. The van der Waals surface area contributed by atoms with Crippen LogP contribution >= 0.6 is 11.6 Å². The maximum Gasteiger partial charge on any atom is 0.409 e. The monoisotopic (exact) mass is 355 g/mol. The van der Waals surface area contributed by atoms with E-state index < -0.39 is 0 Å². The zero-order chi connectivity index (χ0) is 17.4. The molecule has 7 nitrogen and oxygen atoms in total. The molecule has 0 radical (unpaired) electrons. The first-order valence-electron chi connectivity index (χ1n) is 7.93. The standard InChI is InChI=1S/C16H22ClN3O4/c1-2-23-16(22)20-10-8-19(9-11-20)15(21)18-7-12-24-14-6-4-3-5-13(14)17/h3-6H,2,7-12H2,1H3,(H,18,21). The highest BCUT2D eigenvalue weighted by molar-refractivity contribution is 6.32. The van der Waals surface area contributed by atoms with Gasteiger partial charge >= 0.3 is 12.1 Å². The van der Waals surface area contributed by atoms with Crippen molar-refractivity contribution < 1.29 is 19.1 Å². The van der Waals surface area contributed by atoms with Crippen LogP contribution < -0.4 is 10.1 Å². The lowest BCUT2D eigenvalue weighted by atomic mass is 10.3. The van der Waals surface area contributed by atoms with Gasteiger partial charge < -0.3 is 24.6 Å². The van der Waals surface area contributed by atoms with Gasteiger partial charge in [0.15, 0.2) is 0 Å². The van der Waals surface area contributed by atoms with Crippen LogP contribution in [0.2, 0.25) is 5.02 Å². The van der Waals surface area contributed by atoms with E-state index in [1.807, 2.05) is 12.1 Å². The summed E-state index contributed by atoms with van der Waals surface area (Å²) in [6.07, 6.45) is -0.328. The number of hydrogen-bond donors (Lipinski definition) is 1. The second kappa shape index (κ2) is 9.22. The van der Waals surface area contributed by atoms with Crippen molar-refractivity contribution in [1.82, 2.24) is 15.1 Å². The Bertz CT molecular complexity index is 562. The van der Waals surface area contributed by atoms with Crippen LogP contribution in [0, 0.1) is 0 Å². The summed E-state index contributed by atoms with van der Waals surface area (Å²) in [7, 11) is 0. The third kappa shape index (κ3) is 5.19. The largest absolute Gasteiger partial charge is 0.490 e. The number of para-hydroxylation sites is 1. The normalized spacial score (nSPS) is 14.2. The molecule has 1 aromatic carbocycles. The van der Waals surface area contributed by atoms with E-state index in [0.717, 1.165) is 0 Å². The lowest BCUT2D eigenvalue weighted by molar-refractivity contribution is 0.0851. The van der Waals surface area contributed by atoms with Gasteiger partial charge in [-0.05, 0) is 19.1 Å². The van der Waals surface area contributed by atoms with Crippen LogP contribution in [0.15, 0.2) is 24.3 Å². The minimum absolute atomic E-state index is 0.165. The molecule has 1 aliphatic rings. The minimum Gasteiger partial charge on any atom is -0.490 e. The van der Waals surface area contributed by atoms with Crippen LogP contribution in [0.25, 0.3) is 0 Å². The zero-order valence-corrected chi connectivity index (χ0v) is 14.4. The van der Waals surface area contributed by atoms with Gasteiger partial charge in [-0.15, -0.1) is 0 Å². The number of nitrogens with zero attached hydrogens (tertiary/aromatic N) is 2. The summed E-state index contributed by atoms with van der Waals surface area (Å²) in [5.41, 5.74) is 0. The first-order chi connectivity index (χ1) is 11.6. The number of carbonyl (C=O) groups is 2. The molecule has 0 aromatic heterocycles. The van der Waals surface area contributed by atoms with Gasteiger partial charge in [0, 0.05) is 26.2 Å². The van der Waals surface area contributed by atoms with Gasteiger partial charge in [-0.3, -0.25) is 0 Å². The van der Waals surface area contributed by atoms with Crippen molar-refractivity contribution in [3.8, 4) is 5.75 Å². The Kier molecular flexibility index (Phi) is 6.99. The number of piperazine rings is 1. The van der Waals surface area contributed by atoms with E-state index in [9.17, 15) is 9.59 Å². The molecule has 0 bridgehead atoms. The molecule has 132 valence electrons. The van der Waals surface area contributed by atoms with Crippen molar-refractivity contribution in [2.75, 3.05) is 45.9 Å². The van der Waals surface area contributed by atoms with Crippen LogP contribution in [-0.4, -0.2) is 67.9 Å². The first-order valence-corrected chi connectivity index (χ1v) is 8.31. The van der Waals surface area contributed by atoms with E-state index in [2.05, 4.69) is 5.32 Å². The number of amides is 3. The second-order valence-corrected chi connectivity index (χ2v) is 5.59. The van der Waals surface area contributed by atoms with Gasteiger partial charge in [0.05, 0.1) is 18.2 Å². The van der Waals surface area contributed by atoms with E-state index in [-0.39, 0.29) is 12.1 Å². The molecule has 2 rings (SSSR count). The van der Waals surface area contributed by atoms with Crippen LogP contribution in [0.5, 0.6) is 5.75 Å². The van der Waals surface area contributed by atoms with Gasteiger partial charge in [-0.1, -0.05) is 23.7 Å². The molecule has 0 atom stereocenters. The molecule has 1 N–H and O–H groups in total. The quantitative estimate of drug-likeness (QED) is 0.822. The van der Waals surface area contributed by atoms with Gasteiger partial charge in [-0.25, -0.2) is 9.59 Å². The lowest BCUT2D eigenvalue weighted by Gasteiger charge is -2.33. The molecule has 1 aliphatic heterocycles. The van der Waals surface area contributed by atoms with Crippen molar-refractivity contribution in [2.24, 2.45) is 0 Å². The number of urea groups is 1. The maximum absolute atomic E-state index is 12.1. The van der Waals surface area contributed by atoms with E-state index in [1.165, 1.54) is 0 Å². The highest BCUT2D eigenvalue weighted by Crippen LogP contribution is 2.22. The highest BCUT2D eigenvalue weighted by atomic mass is 35.5. The first kappa shape index (κ1) is 18.2. The summed E-state index contributed by atoms with van der Waals surface area (Å²) in [5.74, 6) is 0.594. The predicted molar refractivity (Wildman–Crippen MR) is 90.5 cm³/mol. The van der Waals surface area contributed by atoms with Crippen LogP contribution in [-0.2, 0) is 4.74 Å². The molecule has 8 heteroatoms. The molecular weight excluding hydrogens is 334 g/mol. The Morgan fingerprint density at radius 1 is 1.17 bits per heavy atom. The summed E-state index contributed by atoms with van der Waals surface area (Å²) in [4.78, 5) is 27.0. The second-order valence-electron chi connectivity index (χ2n) is 5.18. The molecule has 1 aromatic rings. The molecule has 1 fully saturated rings. The molecule has 1 saturated heterocycles. The van der Waals surface area contributed by atoms with Gasteiger partial charge in [0.1, 0.15) is 12.4 Å². The fraction of sp³-hybridized carbons (Fsp3) is 0.500. The van der Waals surface area contributed by atoms with Crippen molar-refractivity contribution >= 4 is 23.7 Å². The molecule has 0 spiro atoms. The zero-order valence-electron chi connectivity index (χ0n) is 13.7. The summed E-state index contributed by atoms with van der Waals surface area (Å²) in [5, 5.41) is 3.34. The highest BCUT2D eigenvalue weighted by Gasteiger charge is 2.24. The fourth-order valence-corrected chi connectivity index (χ4v) is 2.49. The Morgan fingerprint density at radius 3 is 2.50 bits per heavy atom. The van der Waals surface area contributed by atoms with Crippen molar-refractivity contribution in [3.05, 3.63) is 29.3 Å². The molecule has 0 aliphatic carbocycles. The van der Waals surface area contributed by atoms with Gasteiger partial charge in [0.2, 0.25) is 0 Å². The SMILES string of the molecule is CCOC(=O)N1CCN(C(=O)NCCOc2ccccc2Cl)CC1. The van der Waals surface area contributed by atoms with E-state index in [1.54, 1.807) is 28.9 Å². The van der Waals surface area contributed by atoms with Crippen molar-refractivity contribution in [3.63, 3.8) is 0 Å². The van der Waals surface area contributed by atoms with E-state index in [4.69, 9.17) is 21.1 Å². The Morgan fingerprint density at radius 2 is 1.83 bits per heavy atom. The topological polar surface area (TPSA) is 71.1 Å². The van der Waals surface area contributed by atoms with Crippen LogP contribution in [0.3, 0.4) is 0 Å².